The number of halogens is 2. The molecule has 3 rings (SSSR count). The Morgan fingerprint density at radius 2 is 1.93 bits per heavy atom. The number of carbonyl (C=O) groups excluding carboxylic acids is 2. The molecule has 1 aliphatic rings. The summed E-state index contributed by atoms with van der Waals surface area (Å²) < 4.78 is 32.1. The van der Waals surface area contributed by atoms with Crippen molar-refractivity contribution in [3.8, 4) is 5.75 Å². The molecule has 0 bridgehead atoms. The van der Waals surface area contributed by atoms with Crippen LogP contribution < -0.4 is 10.1 Å². The van der Waals surface area contributed by atoms with E-state index in [1.165, 1.54) is 6.07 Å². The minimum atomic E-state index is -0.801. The molecular formula is C22H24F2N2O3. The Morgan fingerprint density at radius 1 is 1.17 bits per heavy atom. The summed E-state index contributed by atoms with van der Waals surface area (Å²) in [5.74, 6) is -1.93. The fraction of sp³-hybridized carbons (Fsp3) is 0.364. The van der Waals surface area contributed by atoms with Crippen molar-refractivity contribution in [1.82, 2.24) is 10.2 Å². The number of benzene rings is 2. The van der Waals surface area contributed by atoms with Crippen LogP contribution in [0.25, 0.3) is 0 Å². The summed E-state index contributed by atoms with van der Waals surface area (Å²) in [6.45, 7) is 2.25. The van der Waals surface area contributed by atoms with E-state index in [1.807, 2.05) is 30.3 Å². The van der Waals surface area contributed by atoms with Crippen LogP contribution in [0.5, 0.6) is 5.75 Å². The number of carbonyl (C=O) groups is 2. The van der Waals surface area contributed by atoms with Crippen molar-refractivity contribution >= 4 is 11.8 Å². The molecule has 2 unspecified atom stereocenters. The molecule has 154 valence electrons. The Hall–Kier alpha value is -2.96. The van der Waals surface area contributed by atoms with Crippen molar-refractivity contribution < 1.29 is 23.1 Å². The van der Waals surface area contributed by atoms with Gasteiger partial charge in [-0.3, -0.25) is 9.59 Å². The SMILES string of the molecule is CC(COc1ccc(F)cc1F)NC(=O)C(c1ccccc1)N1CCCCC1=O. The molecule has 5 nitrogen and oxygen atoms in total. The number of rotatable bonds is 7. The van der Waals surface area contributed by atoms with Gasteiger partial charge in [-0.15, -0.1) is 0 Å². The number of nitrogens with one attached hydrogen (secondary N) is 1. The van der Waals surface area contributed by atoms with Crippen LogP contribution in [0.3, 0.4) is 0 Å². The lowest BCUT2D eigenvalue weighted by Gasteiger charge is -2.34. The molecule has 0 radical (unpaired) electrons. The molecule has 0 aliphatic carbocycles. The molecule has 2 aromatic rings. The van der Waals surface area contributed by atoms with Crippen LogP contribution in [0.15, 0.2) is 48.5 Å². The van der Waals surface area contributed by atoms with Crippen molar-refractivity contribution in [2.75, 3.05) is 13.2 Å². The molecule has 1 N–H and O–H groups in total. The average molecular weight is 402 g/mol. The van der Waals surface area contributed by atoms with Gasteiger partial charge in [-0.25, -0.2) is 8.78 Å². The predicted molar refractivity (Wildman–Crippen MR) is 104 cm³/mol. The number of ether oxygens (including phenoxy) is 1. The Kier molecular flexibility index (Phi) is 6.80. The van der Waals surface area contributed by atoms with Crippen LogP contribution >= 0.6 is 0 Å². The number of nitrogens with zero attached hydrogens (tertiary/aromatic N) is 1. The summed E-state index contributed by atoms with van der Waals surface area (Å²) in [5.41, 5.74) is 0.734. The summed E-state index contributed by atoms with van der Waals surface area (Å²) in [6.07, 6.45) is 2.11. The van der Waals surface area contributed by atoms with Gasteiger partial charge in [0.25, 0.3) is 0 Å². The largest absolute Gasteiger partial charge is 0.488 e. The van der Waals surface area contributed by atoms with Crippen LogP contribution in [-0.2, 0) is 9.59 Å². The zero-order chi connectivity index (χ0) is 20.8. The molecule has 1 heterocycles. The molecule has 2 atom stereocenters. The molecule has 1 saturated heterocycles. The third kappa shape index (κ3) is 5.31. The van der Waals surface area contributed by atoms with Crippen molar-refractivity contribution in [2.24, 2.45) is 0 Å². The summed E-state index contributed by atoms with van der Waals surface area (Å²) in [4.78, 5) is 27.1. The maximum atomic E-state index is 13.7. The zero-order valence-electron chi connectivity index (χ0n) is 16.2. The van der Waals surface area contributed by atoms with Crippen molar-refractivity contribution in [3.63, 3.8) is 0 Å². The monoisotopic (exact) mass is 402 g/mol. The van der Waals surface area contributed by atoms with Gasteiger partial charge in [0.2, 0.25) is 11.8 Å². The van der Waals surface area contributed by atoms with Gasteiger partial charge >= 0.3 is 0 Å². The first-order chi connectivity index (χ1) is 14.0. The first kappa shape index (κ1) is 20.8. The van der Waals surface area contributed by atoms with E-state index >= 15 is 0 Å². The Bertz CT molecular complexity index is 860. The zero-order valence-corrected chi connectivity index (χ0v) is 16.2. The number of amides is 2. The third-order valence-corrected chi connectivity index (χ3v) is 4.81. The second kappa shape index (κ2) is 9.49. The number of hydrogen-bond acceptors (Lipinski definition) is 3. The van der Waals surface area contributed by atoms with E-state index in [4.69, 9.17) is 4.74 Å². The van der Waals surface area contributed by atoms with Gasteiger partial charge in [-0.05, 0) is 37.5 Å². The van der Waals surface area contributed by atoms with Gasteiger partial charge in [-0.2, -0.15) is 0 Å². The fourth-order valence-electron chi connectivity index (χ4n) is 3.38. The molecular weight excluding hydrogens is 378 g/mol. The second-order valence-corrected chi connectivity index (χ2v) is 7.15. The van der Waals surface area contributed by atoms with E-state index < -0.39 is 23.7 Å². The minimum Gasteiger partial charge on any atom is -0.488 e. The standard InChI is InChI=1S/C22H24F2N2O3/c1-15(14-29-19-11-10-17(23)13-18(19)24)25-22(28)21(16-7-3-2-4-8-16)26-12-6-5-9-20(26)27/h2-4,7-8,10-11,13,15,21H,5-6,9,12,14H2,1H3,(H,25,28). The lowest BCUT2D eigenvalue weighted by atomic mass is 10.00. The van der Waals surface area contributed by atoms with Gasteiger partial charge in [0.1, 0.15) is 18.5 Å². The topological polar surface area (TPSA) is 58.6 Å². The normalized spacial score (nSPS) is 16.2. The highest BCUT2D eigenvalue weighted by atomic mass is 19.1. The molecule has 1 fully saturated rings. The Labute approximate surface area is 168 Å². The summed E-state index contributed by atoms with van der Waals surface area (Å²) in [5, 5.41) is 2.84. The Morgan fingerprint density at radius 3 is 2.62 bits per heavy atom. The third-order valence-electron chi connectivity index (χ3n) is 4.81. The second-order valence-electron chi connectivity index (χ2n) is 7.15. The van der Waals surface area contributed by atoms with Crippen molar-refractivity contribution in [3.05, 3.63) is 65.7 Å². The summed E-state index contributed by atoms with van der Waals surface area (Å²) in [7, 11) is 0. The first-order valence-corrected chi connectivity index (χ1v) is 9.68. The molecule has 2 amide bonds. The molecule has 0 saturated carbocycles. The highest BCUT2D eigenvalue weighted by Gasteiger charge is 2.33. The Balaban J connectivity index is 1.68. The lowest BCUT2D eigenvalue weighted by molar-refractivity contribution is -0.143. The van der Waals surface area contributed by atoms with Crippen molar-refractivity contribution in [1.29, 1.82) is 0 Å². The predicted octanol–water partition coefficient (Wildman–Crippen LogP) is 3.60. The molecule has 1 aliphatic heterocycles. The van der Waals surface area contributed by atoms with E-state index in [2.05, 4.69) is 5.32 Å². The van der Waals surface area contributed by atoms with Gasteiger partial charge < -0.3 is 15.0 Å². The lowest BCUT2D eigenvalue weighted by Crippen LogP contribution is -2.48. The van der Waals surface area contributed by atoms with Crippen LogP contribution in [0.4, 0.5) is 8.78 Å². The van der Waals surface area contributed by atoms with E-state index in [0.717, 1.165) is 30.5 Å². The van der Waals surface area contributed by atoms with Gasteiger partial charge in [-0.1, -0.05) is 30.3 Å². The van der Waals surface area contributed by atoms with Gasteiger partial charge in [0.05, 0.1) is 6.04 Å². The highest BCUT2D eigenvalue weighted by molar-refractivity contribution is 5.89. The molecule has 7 heteroatoms. The smallest absolute Gasteiger partial charge is 0.247 e. The molecule has 0 spiro atoms. The van der Waals surface area contributed by atoms with Crippen LogP contribution in [-0.4, -0.2) is 35.9 Å². The molecule has 29 heavy (non-hydrogen) atoms. The van der Waals surface area contributed by atoms with E-state index in [1.54, 1.807) is 11.8 Å². The quantitative estimate of drug-likeness (QED) is 0.770. The van der Waals surface area contributed by atoms with Crippen molar-refractivity contribution in [2.45, 2.75) is 38.3 Å². The average Bonchev–Trinajstić information content (AvgIpc) is 2.70. The van der Waals surface area contributed by atoms with E-state index in [-0.39, 0.29) is 24.2 Å². The van der Waals surface area contributed by atoms with E-state index in [9.17, 15) is 18.4 Å². The summed E-state index contributed by atoms with van der Waals surface area (Å²) >= 11 is 0. The maximum Gasteiger partial charge on any atom is 0.247 e. The van der Waals surface area contributed by atoms with Crippen LogP contribution in [0.2, 0.25) is 0 Å². The van der Waals surface area contributed by atoms with Crippen LogP contribution in [0, 0.1) is 11.6 Å². The summed E-state index contributed by atoms with van der Waals surface area (Å²) in [6, 6.07) is 11.0. The highest BCUT2D eigenvalue weighted by Crippen LogP contribution is 2.26. The maximum absolute atomic E-state index is 13.7. The van der Waals surface area contributed by atoms with Crippen LogP contribution in [0.1, 0.15) is 37.8 Å². The van der Waals surface area contributed by atoms with Gasteiger partial charge in [0.15, 0.2) is 11.6 Å². The number of hydrogen-bond donors (Lipinski definition) is 1. The fourth-order valence-corrected chi connectivity index (χ4v) is 3.38. The van der Waals surface area contributed by atoms with E-state index in [0.29, 0.717) is 13.0 Å². The first-order valence-electron chi connectivity index (χ1n) is 9.68. The molecule has 2 aromatic carbocycles. The minimum absolute atomic E-state index is 0.00372. The van der Waals surface area contributed by atoms with Gasteiger partial charge in [0, 0.05) is 19.0 Å². The number of likely N-dealkylation sites (tertiary alicyclic amines) is 1. The number of piperidine rings is 1. The molecule has 0 aromatic heterocycles.